The van der Waals surface area contributed by atoms with E-state index in [1.165, 1.54) is 12.8 Å². The first-order valence-corrected chi connectivity index (χ1v) is 7.30. The van der Waals surface area contributed by atoms with Crippen LogP contribution in [0.4, 0.5) is 0 Å². The van der Waals surface area contributed by atoms with Gasteiger partial charge >= 0.3 is 0 Å². The van der Waals surface area contributed by atoms with Crippen LogP contribution in [0.25, 0.3) is 0 Å². The molecule has 1 aliphatic carbocycles. The molecule has 4 nitrogen and oxygen atoms in total. The summed E-state index contributed by atoms with van der Waals surface area (Å²) in [6.45, 7) is 8.42. The molecule has 0 heterocycles. The lowest BCUT2D eigenvalue weighted by Crippen LogP contribution is -2.63. The highest BCUT2D eigenvalue weighted by molar-refractivity contribution is 5.00. The third-order valence-electron chi connectivity index (χ3n) is 4.28. The number of methoxy groups -OCH3 is 1. The Bertz CT molecular complexity index is 226. The van der Waals surface area contributed by atoms with Gasteiger partial charge in [0.1, 0.15) is 0 Å². The molecular formula is C14H30N2O2. The van der Waals surface area contributed by atoms with Gasteiger partial charge in [0, 0.05) is 26.8 Å². The Labute approximate surface area is 112 Å². The predicted molar refractivity (Wildman–Crippen MR) is 74.8 cm³/mol. The number of ether oxygens (including phenoxy) is 2. The van der Waals surface area contributed by atoms with E-state index < -0.39 is 0 Å². The van der Waals surface area contributed by atoms with Crippen molar-refractivity contribution in [3.63, 3.8) is 0 Å². The SMILES string of the molecule is CCOCCN(CC)C1(CN)CCCCC1OC. The van der Waals surface area contributed by atoms with Crippen molar-refractivity contribution in [1.82, 2.24) is 4.90 Å². The fourth-order valence-corrected chi connectivity index (χ4v) is 3.27. The van der Waals surface area contributed by atoms with Gasteiger partial charge in [-0.15, -0.1) is 0 Å². The van der Waals surface area contributed by atoms with Gasteiger partial charge in [-0.2, -0.15) is 0 Å². The highest BCUT2D eigenvalue weighted by Gasteiger charge is 2.43. The van der Waals surface area contributed by atoms with Gasteiger partial charge in [0.2, 0.25) is 0 Å². The number of hydrogen-bond donors (Lipinski definition) is 1. The molecule has 0 aromatic heterocycles. The molecule has 1 aliphatic rings. The lowest BCUT2D eigenvalue weighted by molar-refractivity contribution is -0.0800. The molecule has 0 aromatic carbocycles. The zero-order chi connectivity index (χ0) is 13.4. The predicted octanol–water partition coefficient (Wildman–Crippen LogP) is 1.63. The summed E-state index contributed by atoms with van der Waals surface area (Å²) in [7, 11) is 1.82. The van der Waals surface area contributed by atoms with Crippen LogP contribution in [0.3, 0.4) is 0 Å². The molecule has 0 aromatic rings. The summed E-state index contributed by atoms with van der Waals surface area (Å²) in [6, 6.07) is 0. The van der Waals surface area contributed by atoms with Crippen LogP contribution in [-0.4, -0.2) is 56.5 Å². The number of hydrogen-bond acceptors (Lipinski definition) is 4. The molecule has 0 spiro atoms. The maximum absolute atomic E-state index is 6.12. The Hall–Kier alpha value is -0.160. The highest BCUT2D eigenvalue weighted by Crippen LogP contribution is 2.34. The Balaban J connectivity index is 2.73. The minimum absolute atomic E-state index is 0.0127. The largest absolute Gasteiger partial charge is 0.380 e. The number of nitrogens with two attached hydrogens (primary N) is 1. The van der Waals surface area contributed by atoms with Gasteiger partial charge in [-0.25, -0.2) is 0 Å². The number of nitrogens with zero attached hydrogens (tertiary/aromatic N) is 1. The summed E-state index contributed by atoms with van der Waals surface area (Å²) in [6.07, 6.45) is 5.03. The van der Waals surface area contributed by atoms with E-state index in [1.54, 1.807) is 0 Å². The molecule has 1 fully saturated rings. The van der Waals surface area contributed by atoms with E-state index in [4.69, 9.17) is 15.2 Å². The van der Waals surface area contributed by atoms with Gasteiger partial charge < -0.3 is 15.2 Å². The summed E-state index contributed by atoms with van der Waals surface area (Å²) >= 11 is 0. The summed E-state index contributed by atoms with van der Waals surface area (Å²) in [5, 5.41) is 0. The second kappa shape index (κ2) is 8.10. The summed E-state index contributed by atoms with van der Waals surface area (Å²) in [5.74, 6) is 0. The molecule has 0 aliphatic heterocycles. The molecule has 0 bridgehead atoms. The smallest absolute Gasteiger partial charge is 0.0767 e. The van der Waals surface area contributed by atoms with Crippen LogP contribution in [0.15, 0.2) is 0 Å². The van der Waals surface area contributed by atoms with Crippen LogP contribution in [-0.2, 0) is 9.47 Å². The first-order chi connectivity index (χ1) is 8.75. The van der Waals surface area contributed by atoms with Gasteiger partial charge in [-0.05, 0) is 26.3 Å². The Morgan fingerprint density at radius 2 is 2.11 bits per heavy atom. The van der Waals surface area contributed by atoms with E-state index in [1.807, 2.05) is 14.0 Å². The van der Waals surface area contributed by atoms with E-state index >= 15 is 0 Å². The lowest BCUT2D eigenvalue weighted by Gasteiger charge is -2.50. The molecule has 108 valence electrons. The maximum Gasteiger partial charge on any atom is 0.0767 e. The Kier molecular flexibility index (Phi) is 7.15. The first kappa shape index (κ1) is 15.9. The lowest BCUT2D eigenvalue weighted by atomic mass is 9.77. The normalized spacial score (nSPS) is 28.8. The van der Waals surface area contributed by atoms with E-state index in [9.17, 15) is 0 Å². The van der Waals surface area contributed by atoms with Crippen molar-refractivity contribution in [2.75, 3.05) is 40.0 Å². The van der Waals surface area contributed by atoms with Gasteiger partial charge in [-0.1, -0.05) is 19.8 Å². The molecule has 1 saturated carbocycles. The average Bonchev–Trinajstić information content (AvgIpc) is 2.43. The first-order valence-electron chi connectivity index (χ1n) is 7.30. The average molecular weight is 258 g/mol. The summed E-state index contributed by atoms with van der Waals surface area (Å²) in [5.41, 5.74) is 6.14. The summed E-state index contributed by atoms with van der Waals surface area (Å²) in [4.78, 5) is 2.47. The molecule has 2 atom stereocenters. The molecule has 2 unspecified atom stereocenters. The van der Waals surface area contributed by atoms with E-state index in [0.717, 1.165) is 39.1 Å². The monoisotopic (exact) mass is 258 g/mol. The fourth-order valence-electron chi connectivity index (χ4n) is 3.27. The van der Waals surface area contributed by atoms with Gasteiger partial charge in [-0.3, -0.25) is 4.90 Å². The molecule has 0 amide bonds. The molecular weight excluding hydrogens is 228 g/mol. The Morgan fingerprint density at radius 1 is 1.33 bits per heavy atom. The van der Waals surface area contributed by atoms with Crippen LogP contribution in [0.2, 0.25) is 0 Å². The van der Waals surface area contributed by atoms with Crippen LogP contribution < -0.4 is 5.73 Å². The van der Waals surface area contributed by atoms with Crippen molar-refractivity contribution < 1.29 is 9.47 Å². The van der Waals surface area contributed by atoms with Crippen molar-refractivity contribution in [3.8, 4) is 0 Å². The van der Waals surface area contributed by atoms with Gasteiger partial charge in [0.05, 0.1) is 18.2 Å². The summed E-state index contributed by atoms with van der Waals surface area (Å²) < 4.78 is 11.2. The standard InChI is InChI=1S/C14H30N2O2/c1-4-16(10-11-18-5-2)14(12-15)9-7-6-8-13(14)17-3/h13H,4-12,15H2,1-3H3. The third-order valence-corrected chi connectivity index (χ3v) is 4.28. The van der Waals surface area contributed by atoms with Crippen molar-refractivity contribution in [3.05, 3.63) is 0 Å². The zero-order valence-corrected chi connectivity index (χ0v) is 12.3. The fraction of sp³-hybridized carbons (Fsp3) is 1.00. The molecule has 0 radical (unpaired) electrons. The number of rotatable bonds is 8. The van der Waals surface area contributed by atoms with Gasteiger partial charge in [0.15, 0.2) is 0 Å². The molecule has 2 N–H and O–H groups in total. The van der Waals surface area contributed by atoms with Crippen LogP contribution in [0.5, 0.6) is 0 Å². The van der Waals surface area contributed by atoms with Crippen molar-refractivity contribution in [1.29, 1.82) is 0 Å². The maximum atomic E-state index is 6.12. The number of likely N-dealkylation sites (N-methyl/N-ethyl adjacent to an activating group) is 1. The Morgan fingerprint density at radius 3 is 2.67 bits per heavy atom. The minimum atomic E-state index is 0.0127. The van der Waals surface area contributed by atoms with Crippen LogP contribution >= 0.6 is 0 Å². The van der Waals surface area contributed by atoms with E-state index in [2.05, 4.69) is 11.8 Å². The van der Waals surface area contributed by atoms with Crippen molar-refractivity contribution in [2.45, 2.75) is 51.2 Å². The zero-order valence-electron chi connectivity index (χ0n) is 12.3. The van der Waals surface area contributed by atoms with Crippen molar-refractivity contribution in [2.24, 2.45) is 5.73 Å². The second-order valence-corrected chi connectivity index (χ2v) is 5.05. The van der Waals surface area contributed by atoms with E-state index in [0.29, 0.717) is 6.54 Å². The van der Waals surface area contributed by atoms with Crippen LogP contribution in [0, 0.1) is 0 Å². The van der Waals surface area contributed by atoms with Crippen molar-refractivity contribution >= 4 is 0 Å². The van der Waals surface area contributed by atoms with Gasteiger partial charge in [0.25, 0.3) is 0 Å². The third kappa shape index (κ3) is 3.44. The molecule has 1 rings (SSSR count). The van der Waals surface area contributed by atoms with E-state index in [-0.39, 0.29) is 11.6 Å². The topological polar surface area (TPSA) is 47.7 Å². The molecule has 0 saturated heterocycles. The highest BCUT2D eigenvalue weighted by atomic mass is 16.5. The minimum Gasteiger partial charge on any atom is -0.380 e. The molecule has 4 heteroatoms. The van der Waals surface area contributed by atoms with Crippen LogP contribution in [0.1, 0.15) is 39.5 Å². The molecule has 18 heavy (non-hydrogen) atoms. The second-order valence-electron chi connectivity index (χ2n) is 5.05. The quantitative estimate of drug-likeness (QED) is 0.672.